The first-order valence-electron chi connectivity index (χ1n) is 8.18. The number of nitrogens with one attached hydrogen (secondary N) is 1. The fourth-order valence-corrected chi connectivity index (χ4v) is 2.54. The highest BCUT2D eigenvalue weighted by atomic mass is 16.6. The monoisotopic (exact) mass is 379 g/mol. The zero-order chi connectivity index (χ0) is 19.5. The number of aromatic nitrogens is 3. The number of nitro groups is 1. The van der Waals surface area contributed by atoms with Crippen molar-refractivity contribution in [2.45, 2.75) is 6.54 Å². The van der Waals surface area contributed by atoms with Gasteiger partial charge in [-0.05, 0) is 29.8 Å². The van der Waals surface area contributed by atoms with Crippen LogP contribution in [0.5, 0.6) is 0 Å². The average molecular weight is 379 g/mol. The van der Waals surface area contributed by atoms with Gasteiger partial charge in [0.1, 0.15) is 0 Å². The quantitative estimate of drug-likeness (QED) is 0.399. The van der Waals surface area contributed by atoms with E-state index >= 15 is 0 Å². The van der Waals surface area contributed by atoms with Gasteiger partial charge in [0.25, 0.3) is 5.69 Å². The van der Waals surface area contributed by atoms with E-state index in [4.69, 9.17) is 8.83 Å². The average Bonchev–Trinajstić information content (AvgIpc) is 3.47. The molecule has 1 N–H and O–H groups in total. The molecule has 3 aromatic heterocycles. The number of carbonyl (C=O) groups is 1. The Bertz CT molecular complexity index is 1120. The molecule has 1 aromatic carbocycles. The van der Waals surface area contributed by atoms with Crippen LogP contribution in [0.15, 0.2) is 69.9 Å². The highest BCUT2D eigenvalue weighted by Crippen LogP contribution is 2.20. The molecule has 10 nitrogen and oxygen atoms in total. The number of anilines is 1. The molecule has 4 rings (SSSR count). The van der Waals surface area contributed by atoms with Crippen molar-refractivity contribution >= 4 is 17.5 Å². The molecule has 0 unspecified atom stereocenters. The summed E-state index contributed by atoms with van der Waals surface area (Å²) >= 11 is 0. The van der Waals surface area contributed by atoms with E-state index in [0.717, 1.165) is 4.68 Å². The van der Waals surface area contributed by atoms with Gasteiger partial charge < -0.3 is 14.2 Å². The number of benzene rings is 1. The van der Waals surface area contributed by atoms with Crippen LogP contribution in [0.3, 0.4) is 0 Å². The topological polar surface area (TPSA) is 129 Å². The Morgan fingerprint density at radius 3 is 2.68 bits per heavy atom. The molecule has 0 bridgehead atoms. The van der Waals surface area contributed by atoms with Gasteiger partial charge in [0.15, 0.2) is 11.5 Å². The van der Waals surface area contributed by atoms with Gasteiger partial charge in [-0.1, -0.05) is 12.1 Å². The summed E-state index contributed by atoms with van der Waals surface area (Å²) in [6, 6.07) is 12.6. The minimum absolute atomic E-state index is 0.0243. The van der Waals surface area contributed by atoms with Crippen molar-refractivity contribution in [3.63, 3.8) is 0 Å². The highest BCUT2D eigenvalue weighted by molar-refractivity contribution is 5.94. The van der Waals surface area contributed by atoms with Gasteiger partial charge in [-0.3, -0.25) is 14.9 Å². The molecule has 0 amide bonds. The number of nitrogens with zero attached hydrogens (tertiary/aromatic N) is 4. The molecule has 3 heterocycles. The van der Waals surface area contributed by atoms with E-state index in [-0.39, 0.29) is 29.8 Å². The van der Waals surface area contributed by atoms with Gasteiger partial charge in [0, 0.05) is 18.7 Å². The zero-order valence-corrected chi connectivity index (χ0v) is 14.3. The van der Waals surface area contributed by atoms with Crippen molar-refractivity contribution in [3.05, 3.63) is 82.5 Å². The molecule has 0 radical (unpaired) electrons. The number of nitro benzene ring substituents is 1. The Balaban J connectivity index is 1.64. The van der Waals surface area contributed by atoms with Crippen molar-refractivity contribution < 1.29 is 18.6 Å². The highest BCUT2D eigenvalue weighted by Gasteiger charge is 2.21. The molecule has 28 heavy (non-hydrogen) atoms. The van der Waals surface area contributed by atoms with Crippen LogP contribution in [0.4, 0.5) is 11.6 Å². The van der Waals surface area contributed by atoms with Crippen LogP contribution in [-0.2, 0) is 6.54 Å². The molecule has 0 aliphatic heterocycles. The Kier molecular flexibility index (Phi) is 4.42. The van der Waals surface area contributed by atoms with E-state index in [1.165, 1.54) is 30.7 Å². The van der Waals surface area contributed by atoms with Crippen LogP contribution in [0.1, 0.15) is 16.1 Å². The minimum Gasteiger partial charge on any atom is -0.461 e. The van der Waals surface area contributed by atoms with E-state index in [1.54, 1.807) is 30.3 Å². The SMILES string of the molecule is O=C(c1ccco1)n1nc(-c2ccco2)nc1NCc1cccc([N+](=O)[O-])c1. The largest absolute Gasteiger partial charge is 0.461 e. The molecule has 0 atom stereocenters. The predicted octanol–water partition coefficient (Wildman–Crippen LogP) is 3.34. The molecule has 0 saturated carbocycles. The van der Waals surface area contributed by atoms with Crippen molar-refractivity contribution in [3.8, 4) is 11.6 Å². The number of hydrogen-bond acceptors (Lipinski definition) is 8. The first kappa shape index (κ1) is 17.2. The zero-order valence-electron chi connectivity index (χ0n) is 14.3. The van der Waals surface area contributed by atoms with E-state index in [2.05, 4.69) is 15.4 Å². The summed E-state index contributed by atoms with van der Waals surface area (Å²) in [5.74, 6) is 0.335. The summed E-state index contributed by atoms with van der Waals surface area (Å²) < 4.78 is 11.5. The minimum atomic E-state index is -0.517. The predicted molar refractivity (Wildman–Crippen MR) is 96.6 cm³/mol. The van der Waals surface area contributed by atoms with Gasteiger partial charge >= 0.3 is 5.91 Å². The number of furan rings is 2. The third-order valence-corrected chi connectivity index (χ3v) is 3.85. The first-order chi connectivity index (χ1) is 13.6. The molecule has 0 aliphatic rings. The second-order valence-corrected chi connectivity index (χ2v) is 5.71. The molecular weight excluding hydrogens is 366 g/mol. The maximum Gasteiger partial charge on any atom is 0.317 e. The van der Waals surface area contributed by atoms with Crippen LogP contribution in [0.2, 0.25) is 0 Å². The summed E-state index contributed by atoms with van der Waals surface area (Å²) in [5.41, 5.74) is 0.623. The van der Waals surface area contributed by atoms with Crippen molar-refractivity contribution in [2.75, 3.05) is 5.32 Å². The van der Waals surface area contributed by atoms with Crippen molar-refractivity contribution in [2.24, 2.45) is 0 Å². The smallest absolute Gasteiger partial charge is 0.317 e. The Hall–Kier alpha value is -4.21. The van der Waals surface area contributed by atoms with Gasteiger partial charge in [-0.15, -0.1) is 5.10 Å². The summed E-state index contributed by atoms with van der Waals surface area (Å²) in [7, 11) is 0. The van der Waals surface area contributed by atoms with Crippen LogP contribution in [0, 0.1) is 10.1 Å². The Morgan fingerprint density at radius 2 is 1.96 bits per heavy atom. The van der Waals surface area contributed by atoms with Gasteiger partial charge in [-0.2, -0.15) is 9.67 Å². The van der Waals surface area contributed by atoms with E-state index in [9.17, 15) is 14.9 Å². The lowest BCUT2D eigenvalue weighted by Gasteiger charge is -2.06. The molecule has 140 valence electrons. The maximum atomic E-state index is 12.7. The van der Waals surface area contributed by atoms with Gasteiger partial charge in [0.05, 0.1) is 17.4 Å². The van der Waals surface area contributed by atoms with Crippen LogP contribution < -0.4 is 5.32 Å². The van der Waals surface area contributed by atoms with Gasteiger partial charge in [-0.25, -0.2) is 0 Å². The number of rotatable bonds is 6. The number of non-ortho nitro benzene ring substituents is 1. The van der Waals surface area contributed by atoms with Crippen LogP contribution >= 0.6 is 0 Å². The summed E-state index contributed by atoms with van der Waals surface area (Å²) in [6.45, 7) is 0.198. The lowest BCUT2D eigenvalue weighted by Crippen LogP contribution is -2.17. The molecule has 4 aromatic rings. The second kappa shape index (κ2) is 7.19. The number of hydrogen-bond donors (Lipinski definition) is 1. The Labute approximate surface area is 157 Å². The summed E-state index contributed by atoms with van der Waals surface area (Å²) in [6.07, 6.45) is 2.86. The molecular formula is C18H13N5O5. The molecule has 10 heteroatoms. The first-order valence-corrected chi connectivity index (χ1v) is 8.18. The fraction of sp³-hybridized carbons (Fsp3) is 0.0556. The number of carbonyl (C=O) groups excluding carboxylic acids is 1. The standard InChI is InChI=1S/C18H13N5O5/c24-17(15-7-3-9-28-15)22-18(20-16(21-22)14-6-2-8-27-14)19-11-12-4-1-5-13(10-12)23(25)26/h1-10H,11H2,(H,19,20,21). The third-order valence-electron chi connectivity index (χ3n) is 3.85. The maximum absolute atomic E-state index is 12.7. The third kappa shape index (κ3) is 3.38. The molecule has 0 aliphatic carbocycles. The van der Waals surface area contributed by atoms with Crippen LogP contribution in [0.25, 0.3) is 11.6 Å². The fourth-order valence-electron chi connectivity index (χ4n) is 2.54. The van der Waals surface area contributed by atoms with Crippen molar-refractivity contribution in [1.82, 2.24) is 14.8 Å². The van der Waals surface area contributed by atoms with Crippen molar-refractivity contribution in [1.29, 1.82) is 0 Å². The normalized spacial score (nSPS) is 10.7. The summed E-state index contributed by atoms with van der Waals surface area (Å²) in [4.78, 5) is 27.4. The molecule has 0 saturated heterocycles. The molecule has 0 fully saturated rings. The molecule has 0 spiro atoms. The van der Waals surface area contributed by atoms with Gasteiger partial charge in [0.2, 0.25) is 11.8 Å². The van der Waals surface area contributed by atoms with E-state index in [0.29, 0.717) is 11.3 Å². The lowest BCUT2D eigenvalue weighted by molar-refractivity contribution is -0.384. The van der Waals surface area contributed by atoms with E-state index in [1.807, 2.05) is 0 Å². The Morgan fingerprint density at radius 1 is 1.14 bits per heavy atom. The van der Waals surface area contributed by atoms with Crippen LogP contribution in [-0.4, -0.2) is 25.6 Å². The summed E-state index contributed by atoms with van der Waals surface area (Å²) in [5, 5.41) is 18.1. The lowest BCUT2D eigenvalue weighted by atomic mass is 10.2. The van der Waals surface area contributed by atoms with E-state index < -0.39 is 10.8 Å². The second-order valence-electron chi connectivity index (χ2n) is 5.71.